The molecule has 0 aliphatic rings. The molecule has 1 atom stereocenters. The Bertz CT molecular complexity index is 590. The minimum absolute atomic E-state index is 0.00248. The molecule has 1 aromatic carbocycles. The van der Waals surface area contributed by atoms with Crippen LogP contribution in [0.2, 0.25) is 0 Å². The van der Waals surface area contributed by atoms with Crippen molar-refractivity contribution in [3.8, 4) is 0 Å². The molecule has 1 amide bonds. The summed E-state index contributed by atoms with van der Waals surface area (Å²) in [6, 6.07) is 6.76. The Hall–Kier alpha value is -2.50. The summed E-state index contributed by atoms with van der Waals surface area (Å²) in [7, 11) is 0. The largest absolute Gasteiger partial charge is 0.326 e. The van der Waals surface area contributed by atoms with E-state index >= 15 is 0 Å². The maximum Gasteiger partial charge on any atom is 0.226 e. The Labute approximate surface area is 116 Å². The summed E-state index contributed by atoms with van der Waals surface area (Å²) in [6.45, 7) is 3.40. The molecule has 1 heterocycles. The van der Waals surface area contributed by atoms with Gasteiger partial charge >= 0.3 is 0 Å². The third-order valence-corrected chi connectivity index (χ3v) is 2.94. The molecular weight excluding hydrogens is 256 g/mol. The minimum atomic E-state index is -0.108. The van der Waals surface area contributed by atoms with Gasteiger partial charge in [0.2, 0.25) is 5.91 Å². The monoisotopic (exact) mass is 272 g/mol. The SMILES string of the molecule is CC(=O)c1ccc(NC(=O)CC(C)n2cncn2)cc1. The van der Waals surface area contributed by atoms with E-state index in [1.165, 1.54) is 13.3 Å². The van der Waals surface area contributed by atoms with Crippen LogP contribution in [0.15, 0.2) is 36.9 Å². The number of aromatic nitrogens is 3. The van der Waals surface area contributed by atoms with Crippen molar-refractivity contribution >= 4 is 17.4 Å². The molecular formula is C14H16N4O2. The fourth-order valence-electron chi connectivity index (χ4n) is 1.81. The number of ketones is 1. The van der Waals surface area contributed by atoms with E-state index < -0.39 is 0 Å². The maximum absolute atomic E-state index is 11.9. The Morgan fingerprint density at radius 1 is 1.30 bits per heavy atom. The van der Waals surface area contributed by atoms with E-state index in [9.17, 15) is 9.59 Å². The second kappa shape index (κ2) is 6.10. The molecule has 0 saturated heterocycles. The first-order valence-corrected chi connectivity index (χ1v) is 6.31. The summed E-state index contributed by atoms with van der Waals surface area (Å²) in [6.07, 6.45) is 3.33. The normalized spacial score (nSPS) is 11.9. The van der Waals surface area contributed by atoms with Gasteiger partial charge in [0.1, 0.15) is 12.7 Å². The number of Topliss-reactive ketones (excluding diaryl/α,β-unsaturated/α-hetero) is 1. The van der Waals surface area contributed by atoms with Gasteiger partial charge in [-0.05, 0) is 38.1 Å². The number of anilines is 1. The van der Waals surface area contributed by atoms with Gasteiger partial charge in [-0.2, -0.15) is 5.10 Å². The van der Waals surface area contributed by atoms with Crippen molar-refractivity contribution in [1.29, 1.82) is 0 Å². The molecule has 20 heavy (non-hydrogen) atoms. The first-order valence-electron chi connectivity index (χ1n) is 6.31. The van der Waals surface area contributed by atoms with E-state index in [0.717, 1.165) is 0 Å². The lowest BCUT2D eigenvalue weighted by Crippen LogP contribution is -2.17. The van der Waals surface area contributed by atoms with Gasteiger partial charge in [0, 0.05) is 17.7 Å². The van der Waals surface area contributed by atoms with Crippen molar-refractivity contribution < 1.29 is 9.59 Å². The zero-order valence-corrected chi connectivity index (χ0v) is 11.4. The van der Waals surface area contributed by atoms with E-state index in [2.05, 4.69) is 15.4 Å². The molecule has 1 unspecified atom stereocenters. The van der Waals surface area contributed by atoms with Crippen LogP contribution < -0.4 is 5.32 Å². The Morgan fingerprint density at radius 2 is 2.00 bits per heavy atom. The summed E-state index contributed by atoms with van der Waals surface area (Å²) in [4.78, 5) is 26.9. The van der Waals surface area contributed by atoms with Crippen LogP contribution in [0.4, 0.5) is 5.69 Å². The second-order valence-corrected chi connectivity index (χ2v) is 4.61. The molecule has 1 aromatic heterocycles. The van der Waals surface area contributed by atoms with Gasteiger partial charge in [-0.1, -0.05) is 0 Å². The lowest BCUT2D eigenvalue weighted by atomic mass is 10.1. The van der Waals surface area contributed by atoms with Gasteiger partial charge in [-0.3, -0.25) is 9.59 Å². The molecule has 2 aromatic rings. The molecule has 0 spiro atoms. The molecule has 0 fully saturated rings. The number of carbonyl (C=O) groups is 2. The van der Waals surface area contributed by atoms with Gasteiger partial charge in [0.15, 0.2) is 5.78 Å². The predicted octanol–water partition coefficient (Wildman–Crippen LogP) is 2.07. The van der Waals surface area contributed by atoms with Crippen molar-refractivity contribution in [1.82, 2.24) is 14.8 Å². The van der Waals surface area contributed by atoms with Crippen molar-refractivity contribution in [2.75, 3.05) is 5.32 Å². The highest BCUT2D eigenvalue weighted by Gasteiger charge is 2.11. The number of benzene rings is 1. The summed E-state index contributed by atoms with van der Waals surface area (Å²) < 4.78 is 1.64. The molecule has 2 rings (SSSR count). The van der Waals surface area contributed by atoms with Crippen molar-refractivity contribution in [3.05, 3.63) is 42.5 Å². The standard InChI is InChI=1S/C14H16N4O2/c1-10(18-9-15-8-16-18)7-14(20)17-13-5-3-12(4-6-13)11(2)19/h3-6,8-10H,7H2,1-2H3,(H,17,20). The molecule has 0 aliphatic carbocycles. The van der Waals surface area contributed by atoms with Crippen LogP contribution in [-0.4, -0.2) is 26.5 Å². The molecule has 1 N–H and O–H groups in total. The second-order valence-electron chi connectivity index (χ2n) is 4.61. The van der Waals surface area contributed by atoms with Crippen molar-refractivity contribution in [3.63, 3.8) is 0 Å². The zero-order valence-electron chi connectivity index (χ0n) is 11.4. The highest BCUT2D eigenvalue weighted by Crippen LogP contribution is 2.13. The smallest absolute Gasteiger partial charge is 0.226 e. The molecule has 0 saturated carbocycles. The van der Waals surface area contributed by atoms with Crippen LogP contribution in [-0.2, 0) is 4.79 Å². The quantitative estimate of drug-likeness (QED) is 0.845. The van der Waals surface area contributed by atoms with Gasteiger partial charge < -0.3 is 5.32 Å². The highest BCUT2D eigenvalue weighted by atomic mass is 16.1. The fraction of sp³-hybridized carbons (Fsp3) is 0.286. The number of carbonyl (C=O) groups excluding carboxylic acids is 2. The van der Waals surface area contributed by atoms with Crippen LogP contribution in [0.25, 0.3) is 0 Å². The summed E-state index contributed by atoms with van der Waals surface area (Å²) in [5, 5.41) is 6.78. The molecule has 0 aliphatic heterocycles. The third-order valence-electron chi connectivity index (χ3n) is 2.94. The van der Waals surface area contributed by atoms with Gasteiger partial charge in [0.05, 0.1) is 6.04 Å². The van der Waals surface area contributed by atoms with E-state index in [-0.39, 0.29) is 17.7 Å². The average molecular weight is 272 g/mol. The Morgan fingerprint density at radius 3 is 2.55 bits per heavy atom. The van der Waals surface area contributed by atoms with E-state index in [0.29, 0.717) is 17.7 Å². The van der Waals surface area contributed by atoms with Gasteiger partial charge in [-0.15, -0.1) is 0 Å². The number of nitrogens with one attached hydrogen (secondary N) is 1. The third kappa shape index (κ3) is 3.50. The Kier molecular flexibility index (Phi) is 4.24. The molecule has 0 radical (unpaired) electrons. The summed E-state index contributed by atoms with van der Waals surface area (Å²) in [5.41, 5.74) is 1.30. The summed E-state index contributed by atoms with van der Waals surface area (Å²) >= 11 is 0. The molecule has 6 heteroatoms. The van der Waals surface area contributed by atoms with Gasteiger partial charge in [-0.25, -0.2) is 9.67 Å². The molecule has 104 valence electrons. The van der Waals surface area contributed by atoms with Crippen molar-refractivity contribution in [2.45, 2.75) is 26.3 Å². The van der Waals surface area contributed by atoms with Crippen LogP contribution >= 0.6 is 0 Å². The summed E-state index contributed by atoms with van der Waals surface area (Å²) in [5.74, 6) is -0.105. The average Bonchev–Trinajstić information content (AvgIpc) is 2.93. The van der Waals surface area contributed by atoms with Crippen LogP contribution in [0.3, 0.4) is 0 Å². The maximum atomic E-state index is 11.9. The van der Waals surface area contributed by atoms with E-state index in [4.69, 9.17) is 0 Å². The predicted molar refractivity (Wildman–Crippen MR) is 74.4 cm³/mol. The first kappa shape index (κ1) is 13.9. The number of rotatable bonds is 5. The minimum Gasteiger partial charge on any atom is -0.326 e. The number of hydrogen-bond acceptors (Lipinski definition) is 4. The van der Waals surface area contributed by atoms with E-state index in [1.54, 1.807) is 35.3 Å². The van der Waals surface area contributed by atoms with Crippen molar-refractivity contribution in [2.24, 2.45) is 0 Å². The van der Waals surface area contributed by atoms with Crippen LogP contribution in [0.1, 0.15) is 36.7 Å². The van der Waals surface area contributed by atoms with Gasteiger partial charge in [0.25, 0.3) is 0 Å². The highest BCUT2D eigenvalue weighted by molar-refractivity contribution is 5.95. The Balaban J connectivity index is 1.92. The van der Waals surface area contributed by atoms with Crippen LogP contribution in [0.5, 0.6) is 0 Å². The number of hydrogen-bond donors (Lipinski definition) is 1. The van der Waals surface area contributed by atoms with Crippen LogP contribution in [0, 0.1) is 0 Å². The zero-order chi connectivity index (χ0) is 14.5. The lowest BCUT2D eigenvalue weighted by molar-refractivity contribution is -0.116. The first-order chi connectivity index (χ1) is 9.56. The topological polar surface area (TPSA) is 76.9 Å². The number of nitrogens with zero attached hydrogens (tertiary/aromatic N) is 3. The lowest BCUT2D eigenvalue weighted by Gasteiger charge is -2.11. The molecule has 0 bridgehead atoms. The van der Waals surface area contributed by atoms with E-state index in [1.807, 2.05) is 6.92 Å². The molecule has 6 nitrogen and oxygen atoms in total. The number of amides is 1. The fourth-order valence-corrected chi connectivity index (χ4v) is 1.81.